The average Bonchev–Trinajstić information content (AvgIpc) is 3.25. The lowest BCUT2D eigenvalue weighted by molar-refractivity contribution is 0.126. The number of nitrogens with zero attached hydrogens (tertiary/aromatic N) is 4. The standard InChI is InChI=1S/C23H36N6O.HI/c1-19(2)22-16-21(30-27-22)17-26-23(24-3)25-10-7-11-28-12-14-29(15-13-28)18-20-8-5-4-6-9-20;/h4-6,8-9,16,19H,7,10-15,17-18H2,1-3H3,(H2,24,25,26);1H. The fraction of sp³-hybridized carbons (Fsp3) is 0.565. The molecule has 0 spiro atoms. The number of guanidine groups is 1. The van der Waals surface area contributed by atoms with E-state index < -0.39 is 0 Å². The van der Waals surface area contributed by atoms with E-state index in [4.69, 9.17) is 4.52 Å². The molecule has 172 valence electrons. The van der Waals surface area contributed by atoms with Gasteiger partial charge in [0.25, 0.3) is 0 Å². The van der Waals surface area contributed by atoms with Gasteiger partial charge in [-0.2, -0.15) is 0 Å². The Morgan fingerprint density at radius 2 is 1.81 bits per heavy atom. The first-order valence-electron chi connectivity index (χ1n) is 11.0. The third-order valence-electron chi connectivity index (χ3n) is 5.48. The van der Waals surface area contributed by atoms with Gasteiger partial charge in [-0.3, -0.25) is 9.89 Å². The maximum Gasteiger partial charge on any atom is 0.191 e. The summed E-state index contributed by atoms with van der Waals surface area (Å²) in [4.78, 5) is 9.39. The summed E-state index contributed by atoms with van der Waals surface area (Å²) in [7, 11) is 1.79. The predicted octanol–water partition coefficient (Wildman–Crippen LogP) is 3.29. The number of hydrogen-bond donors (Lipinski definition) is 2. The molecule has 0 saturated carbocycles. The molecule has 2 aromatic rings. The Kier molecular flexibility index (Phi) is 11.3. The number of nitrogens with one attached hydrogen (secondary N) is 2. The highest BCUT2D eigenvalue weighted by Crippen LogP contribution is 2.13. The second-order valence-electron chi connectivity index (χ2n) is 8.18. The van der Waals surface area contributed by atoms with Crippen molar-refractivity contribution in [3.8, 4) is 0 Å². The first-order chi connectivity index (χ1) is 14.6. The highest BCUT2D eigenvalue weighted by molar-refractivity contribution is 14.0. The van der Waals surface area contributed by atoms with Gasteiger partial charge in [-0.05, 0) is 24.4 Å². The molecule has 1 aromatic carbocycles. The van der Waals surface area contributed by atoms with Crippen LogP contribution in [-0.2, 0) is 13.1 Å². The zero-order valence-corrected chi connectivity index (χ0v) is 21.3. The van der Waals surface area contributed by atoms with Crippen LogP contribution in [0.4, 0.5) is 0 Å². The van der Waals surface area contributed by atoms with Gasteiger partial charge in [-0.25, -0.2) is 0 Å². The van der Waals surface area contributed by atoms with Crippen LogP contribution >= 0.6 is 24.0 Å². The number of hydrogen-bond acceptors (Lipinski definition) is 5. The molecule has 1 saturated heterocycles. The zero-order valence-electron chi connectivity index (χ0n) is 19.0. The molecule has 2 N–H and O–H groups in total. The van der Waals surface area contributed by atoms with E-state index >= 15 is 0 Å². The summed E-state index contributed by atoms with van der Waals surface area (Å²) in [5.74, 6) is 2.00. The lowest BCUT2D eigenvalue weighted by Crippen LogP contribution is -2.46. The molecule has 1 aliphatic rings. The summed E-state index contributed by atoms with van der Waals surface area (Å²) in [6, 6.07) is 12.7. The van der Waals surface area contributed by atoms with Crippen molar-refractivity contribution in [2.24, 2.45) is 4.99 Å². The molecule has 8 heteroatoms. The van der Waals surface area contributed by atoms with E-state index in [0.717, 1.165) is 69.6 Å². The minimum Gasteiger partial charge on any atom is -0.359 e. The lowest BCUT2D eigenvalue weighted by atomic mass is 10.1. The third kappa shape index (κ3) is 8.78. The molecule has 2 heterocycles. The zero-order chi connectivity index (χ0) is 21.2. The SMILES string of the molecule is CN=C(NCCCN1CCN(Cc2ccccc2)CC1)NCc1cc(C(C)C)no1.I. The monoisotopic (exact) mass is 540 g/mol. The minimum atomic E-state index is 0. The lowest BCUT2D eigenvalue weighted by Gasteiger charge is -2.34. The van der Waals surface area contributed by atoms with Crippen molar-refractivity contribution >= 4 is 29.9 Å². The average molecular weight is 540 g/mol. The van der Waals surface area contributed by atoms with Crippen LogP contribution in [0.3, 0.4) is 0 Å². The molecule has 1 aliphatic heterocycles. The van der Waals surface area contributed by atoms with E-state index in [1.54, 1.807) is 7.05 Å². The van der Waals surface area contributed by atoms with E-state index in [2.05, 4.69) is 74.8 Å². The summed E-state index contributed by atoms with van der Waals surface area (Å²) in [6.45, 7) is 12.4. The maximum absolute atomic E-state index is 5.37. The molecule has 0 amide bonds. The highest BCUT2D eigenvalue weighted by Gasteiger charge is 2.16. The number of aliphatic imine (C=N–C) groups is 1. The summed E-state index contributed by atoms with van der Waals surface area (Å²) in [5.41, 5.74) is 2.39. The van der Waals surface area contributed by atoms with E-state index in [1.165, 1.54) is 5.56 Å². The second kappa shape index (κ2) is 13.7. The maximum atomic E-state index is 5.37. The van der Waals surface area contributed by atoms with Gasteiger partial charge < -0.3 is 20.1 Å². The van der Waals surface area contributed by atoms with E-state index in [1.807, 2.05) is 6.07 Å². The Morgan fingerprint density at radius 1 is 1.10 bits per heavy atom. The van der Waals surface area contributed by atoms with Crippen LogP contribution < -0.4 is 10.6 Å². The van der Waals surface area contributed by atoms with E-state index in [-0.39, 0.29) is 24.0 Å². The largest absolute Gasteiger partial charge is 0.359 e. The Hall–Kier alpha value is -1.65. The van der Waals surface area contributed by atoms with Crippen LogP contribution in [0.25, 0.3) is 0 Å². The predicted molar refractivity (Wildman–Crippen MR) is 137 cm³/mol. The quantitative estimate of drug-likeness (QED) is 0.220. The first-order valence-corrected chi connectivity index (χ1v) is 11.0. The molecule has 0 atom stereocenters. The van der Waals surface area contributed by atoms with Crippen LogP contribution in [-0.4, -0.2) is 67.2 Å². The fourth-order valence-corrected chi connectivity index (χ4v) is 3.60. The Balaban J connectivity index is 0.00000341. The van der Waals surface area contributed by atoms with Gasteiger partial charge in [0.15, 0.2) is 11.7 Å². The molecule has 31 heavy (non-hydrogen) atoms. The number of rotatable bonds is 9. The Morgan fingerprint density at radius 3 is 2.45 bits per heavy atom. The molecular formula is C23H37IN6O. The summed E-state index contributed by atoms with van der Waals surface area (Å²) < 4.78 is 5.37. The van der Waals surface area contributed by atoms with Crippen molar-refractivity contribution in [1.29, 1.82) is 0 Å². The van der Waals surface area contributed by atoms with Crippen molar-refractivity contribution in [3.63, 3.8) is 0 Å². The Bertz CT molecular complexity index is 771. The van der Waals surface area contributed by atoms with E-state index in [9.17, 15) is 0 Å². The number of benzene rings is 1. The van der Waals surface area contributed by atoms with Crippen molar-refractivity contribution in [3.05, 3.63) is 53.4 Å². The normalized spacial score (nSPS) is 15.7. The fourth-order valence-electron chi connectivity index (χ4n) is 3.60. The van der Waals surface area contributed by atoms with Crippen molar-refractivity contribution in [2.45, 2.75) is 39.3 Å². The Labute approximate surface area is 203 Å². The first kappa shape index (κ1) is 25.6. The molecule has 0 radical (unpaired) electrons. The van der Waals surface area contributed by atoms with Gasteiger partial charge in [-0.15, -0.1) is 24.0 Å². The minimum absolute atomic E-state index is 0. The molecule has 0 unspecified atom stereocenters. The molecule has 0 bridgehead atoms. The molecular weight excluding hydrogens is 503 g/mol. The van der Waals surface area contributed by atoms with Gasteiger partial charge in [-0.1, -0.05) is 49.3 Å². The van der Waals surface area contributed by atoms with Crippen LogP contribution in [0.2, 0.25) is 0 Å². The molecule has 3 rings (SSSR count). The molecule has 7 nitrogen and oxygen atoms in total. The number of halogens is 1. The van der Waals surface area contributed by atoms with Crippen molar-refractivity contribution < 1.29 is 4.52 Å². The van der Waals surface area contributed by atoms with E-state index in [0.29, 0.717) is 12.5 Å². The van der Waals surface area contributed by atoms with Gasteiger partial charge >= 0.3 is 0 Å². The van der Waals surface area contributed by atoms with Crippen LogP contribution in [0.5, 0.6) is 0 Å². The van der Waals surface area contributed by atoms with Crippen LogP contribution in [0, 0.1) is 0 Å². The van der Waals surface area contributed by atoms with Crippen LogP contribution in [0.1, 0.15) is 43.2 Å². The third-order valence-corrected chi connectivity index (χ3v) is 5.48. The second-order valence-corrected chi connectivity index (χ2v) is 8.18. The van der Waals surface area contributed by atoms with Crippen LogP contribution in [0.15, 0.2) is 45.9 Å². The van der Waals surface area contributed by atoms with Gasteiger partial charge in [0.05, 0.1) is 12.2 Å². The smallest absolute Gasteiger partial charge is 0.191 e. The summed E-state index contributed by atoms with van der Waals surface area (Å²) >= 11 is 0. The molecule has 1 fully saturated rings. The molecule has 0 aliphatic carbocycles. The van der Waals surface area contributed by atoms with Gasteiger partial charge in [0, 0.05) is 52.4 Å². The topological polar surface area (TPSA) is 68.9 Å². The van der Waals surface area contributed by atoms with Crippen molar-refractivity contribution in [2.75, 3.05) is 46.3 Å². The number of piperazine rings is 1. The summed E-state index contributed by atoms with van der Waals surface area (Å²) in [5, 5.41) is 10.8. The van der Waals surface area contributed by atoms with Gasteiger partial charge in [0.2, 0.25) is 0 Å². The summed E-state index contributed by atoms with van der Waals surface area (Å²) in [6.07, 6.45) is 1.10. The molecule has 1 aromatic heterocycles. The van der Waals surface area contributed by atoms with Gasteiger partial charge in [0.1, 0.15) is 0 Å². The highest BCUT2D eigenvalue weighted by atomic mass is 127. The van der Waals surface area contributed by atoms with Crippen molar-refractivity contribution in [1.82, 2.24) is 25.6 Å². The number of aromatic nitrogens is 1.